The van der Waals surface area contributed by atoms with E-state index < -0.39 is 7.55 Å². The molecule has 0 saturated carbocycles. The van der Waals surface area contributed by atoms with Crippen molar-refractivity contribution >= 4 is 24.5 Å². The van der Waals surface area contributed by atoms with Gasteiger partial charge in [-0.05, 0) is 31.3 Å². The van der Waals surface area contributed by atoms with E-state index in [0.717, 1.165) is 0 Å². The Morgan fingerprint density at radius 1 is 0.750 bits per heavy atom. The van der Waals surface area contributed by atoms with Gasteiger partial charge in [0.15, 0.2) is 18.2 Å². The van der Waals surface area contributed by atoms with Crippen LogP contribution in [-0.2, 0) is 0 Å². The van der Waals surface area contributed by atoms with Gasteiger partial charge in [0.05, 0.1) is 6.30 Å². The highest BCUT2D eigenvalue weighted by atomic mass is 31.1. The van der Waals surface area contributed by atoms with Crippen molar-refractivity contribution in [3.8, 4) is 0 Å². The third kappa shape index (κ3) is 3.30. The Bertz CT molecular complexity index is 382. The molecule has 2 aromatic carbocycles. The summed E-state index contributed by atoms with van der Waals surface area (Å²) < 4.78 is 0. The molecular formula is C14H17NP+. The summed E-state index contributed by atoms with van der Waals surface area (Å²) in [4.78, 5) is 0. The van der Waals surface area contributed by atoms with E-state index in [0.29, 0.717) is 0 Å². The van der Waals surface area contributed by atoms with E-state index in [9.17, 15) is 0 Å². The summed E-state index contributed by atoms with van der Waals surface area (Å²) in [5.41, 5.74) is 4.50. The number of hydrogen-bond donors (Lipinski definition) is 1. The van der Waals surface area contributed by atoms with Gasteiger partial charge in [0.2, 0.25) is 0 Å². The lowest BCUT2D eigenvalue weighted by molar-refractivity contribution is 1.48. The third-order valence-electron chi connectivity index (χ3n) is 2.14. The van der Waals surface area contributed by atoms with Crippen LogP contribution in [0.3, 0.4) is 0 Å². The maximum atomic E-state index is 4.50. The molecule has 0 spiro atoms. The zero-order valence-electron chi connectivity index (χ0n) is 9.51. The normalized spacial score (nSPS) is 8.88. The van der Waals surface area contributed by atoms with E-state index in [1.54, 1.807) is 0 Å². The molecule has 1 nitrogen and oxygen atoms in total. The minimum Gasteiger partial charge on any atom is -0.333 e. The second-order valence-electron chi connectivity index (χ2n) is 3.10. The van der Waals surface area contributed by atoms with Crippen molar-refractivity contribution in [3.63, 3.8) is 0 Å². The molecule has 0 aliphatic rings. The van der Waals surface area contributed by atoms with Gasteiger partial charge < -0.3 is 5.73 Å². The van der Waals surface area contributed by atoms with Crippen molar-refractivity contribution in [2.24, 2.45) is 5.73 Å². The van der Waals surface area contributed by atoms with Crippen LogP contribution in [0.25, 0.3) is 0 Å². The molecule has 0 heterocycles. The second-order valence-corrected chi connectivity index (χ2v) is 4.99. The average molecular weight is 230 g/mol. The first-order valence-electron chi connectivity index (χ1n) is 5.16. The van der Waals surface area contributed by atoms with E-state index in [4.69, 9.17) is 0 Å². The number of nitrogens with two attached hydrogens (primary N) is 1. The highest BCUT2D eigenvalue weighted by Crippen LogP contribution is 2.17. The maximum absolute atomic E-state index is 4.50. The molecule has 0 unspecified atom stereocenters. The minimum atomic E-state index is -0.421. The van der Waals surface area contributed by atoms with Crippen molar-refractivity contribution in [3.05, 3.63) is 60.7 Å². The quantitative estimate of drug-likeness (QED) is 0.786. The first-order valence-corrected chi connectivity index (χ1v) is 6.69. The van der Waals surface area contributed by atoms with Gasteiger partial charge >= 0.3 is 0 Å². The van der Waals surface area contributed by atoms with Gasteiger partial charge in [-0.15, -0.1) is 0 Å². The SMILES string of the molecule is C=[P+](c1ccccc1)c1ccccc1.CN. The molecule has 0 radical (unpaired) electrons. The molecule has 2 heteroatoms. The fraction of sp³-hybridized carbons (Fsp3) is 0.0714. The van der Waals surface area contributed by atoms with Crippen molar-refractivity contribution in [1.82, 2.24) is 0 Å². The molecule has 2 aromatic rings. The Morgan fingerprint density at radius 2 is 1.06 bits per heavy atom. The Balaban J connectivity index is 0.000000606. The van der Waals surface area contributed by atoms with E-state index in [1.165, 1.54) is 17.7 Å². The van der Waals surface area contributed by atoms with Crippen molar-refractivity contribution in [2.45, 2.75) is 0 Å². The Labute approximate surface area is 98.3 Å². The van der Waals surface area contributed by atoms with Crippen LogP contribution in [0, 0.1) is 0 Å². The molecule has 0 aliphatic heterocycles. The van der Waals surface area contributed by atoms with E-state index in [1.807, 2.05) is 12.1 Å². The molecule has 0 aromatic heterocycles. The first-order chi connectivity index (χ1) is 7.88. The minimum absolute atomic E-state index is 0.421. The summed E-state index contributed by atoms with van der Waals surface area (Å²) in [5.74, 6) is 0. The van der Waals surface area contributed by atoms with Crippen LogP contribution in [-0.4, -0.2) is 13.3 Å². The average Bonchev–Trinajstić information content (AvgIpc) is 2.42. The predicted octanol–water partition coefficient (Wildman–Crippen LogP) is 2.13. The van der Waals surface area contributed by atoms with Gasteiger partial charge in [0.25, 0.3) is 0 Å². The van der Waals surface area contributed by atoms with Gasteiger partial charge in [-0.1, -0.05) is 36.4 Å². The highest BCUT2D eigenvalue weighted by Gasteiger charge is 2.12. The van der Waals surface area contributed by atoms with Crippen molar-refractivity contribution in [1.29, 1.82) is 0 Å². The molecule has 2 rings (SSSR count). The zero-order valence-corrected chi connectivity index (χ0v) is 10.4. The first kappa shape index (κ1) is 12.6. The van der Waals surface area contributed by atoms with Crippen LogP contribution in [0.2, 0.25) is 0 Å². The molecule has 0 amide bonds. The molecule has 16 heavy (non-hydrogen) atoms. The highest BCUT2D eigenvalue weighted by molar-refractivity contribution is 7.70. The van der Waals surface area contributed by atoms with Crippen LogP contribution in [0.4, 0.5) is 0 Å². The number of hydrogen-bond acceptors (Lipinski definition) is 1. The lowest BCUT2D eigenvalue weighted by Gasteiger charge is -1.93. The monoisotopic (exact) mass is 230 g/mol. The van der Waals surface area contributed by atoms with E-state index >= 15 is 0 Å². The van der Waals surface area contributed by atoms with Gasteiger partial charge in [0.1, 0.15) is 0 Å². The molecule has 82 valence electrons. The summed E-state index contributed by atoms with van der Waals surface area (Å²) in [6.07, 6.45) is 4.24. The summed E-state index contributed by atoms with van der Waals surface area (Å²) in [6.45, 7) is 0. The molecule has 0 aliphatic carbocycles. The number of rotatable bonds is 2. The van der Waals surface area contributed by atoms with Gasteiger partial charge in [0, 0.05) is 0 Å². The molecule has 0 bridgehead atoms. The van der Waals surface area contributed by atoms with E-state index in [-0.39, 0.29) is 0 Å². The van der Waals surface area contributed by atoms with Crippen LogP contribution < -0.4 is 16.3 Å². The lowest BCUT2D eigenvalue weighted by atomic mass is 10.4. The fourth-order valence-corrected chi connectivity index (χ4v) is 2.73. The van der Waals surface area contributed by atoms with Crippen LogP contribution >= 0.6 is 7.55 Å². The summed E-state index contributed by atoms with van der Waals surface area (Å²) in [5, 5.41) is 2.66. The smallest absolute Gasteiger partial charge is 0.162 e. The molecule has 2 N–H and O–H groups in total. The maximum Gasteiger partial charge on any atom is 0.162 e. The summed E-state index contributed by atoms with van der Waals surface area (Å²) in [6, 6.07) is 20.9. The predicted molar refractivity (Wildman–Crippen MR) is 76.3 cm³/mol. The van der Waals surface area contributed by atoms with Crippen LogP contribution in [0.5, 0.6) is 0 Å². The topological polar surface area (TPSA) is 26.0 Å². The van der Waals surface area contributed by atoms with Gasteiger partial charge in [-0.3, -0.25) is 0 Å². The summed E-state index contributed by atoms with van der Waals surface area (Å²) in [7, 11) is 1.08. The van der Waals surface area contributed by atoms with Crippen LogP contribution in [0.1, 0.15) is 0 Å². The fourth-order valence-electron chi connectivity index (χ4n) is 1.36. The molecule has 0 fully saturated rings. The largest absolute Gasteiger partial charge is 0.333 e. The number of benzene rings is 2. The molecule has 0 atom stereocenters. The zero-order chi connectivity index (χ0) is 11.8. The second kappa shape index (κ2) is 6.95. The van der Waals surface area contributed by atoms with Gasteiger partial charge in [-0.2, -0.15) is 0 Å². The standard InChI is InChI=1S/C13H12P.CH5N/c1-14(12-8-4-2-5-9-12)13-10-6-3-7-11-13;1-2/h2-11H,1H2;2H2,1H3/q+1;. The van der Waals surface area contributed by atoms with Crippen molar-refractivity contribution in [2.75, 3.05) is 7.05 Å². The molecule has 0 saturated heterocycles. The Kier molecular flexibility index (Phi) is 5.49. The lowest BCUT2D eigenvalue weighted by Crippen LogP contribution is -2.05. The van der Waals surface area contributed by atoms with Crippen molar-refractivity contribution < 1.29 is 0 Å². The summed E-state index contributed by atoms with van der Waals surface area (Å²) >= 11 is 0. The van der Waals surface area contributed by atoms with Crippen LogP contribution in [0.15, 0.2) is 60.7 Å². The Morgan fingerprint density at radius 3 is 1.38 bits per heavy atom. The van der Waals surface area contributed by atoms with Gasteiger partial charge in [-0.25, -0.2) is 0 Å². The third-order valence-corrected chi connectivity index (χ3v) is 3.98. The molecular weight excluding hydrogens is 213 g/mol. The van der Waals surface area contributed by atoms with E-state index in [2.05, 4.69) is 60.6 Å². The Hall–Kier alpha value is -1.43.